The molecule has 0 bridgehead atoms. The summed E-state index contributed by atoms with van der Waals surface area (Å²) in [5, 5.41) is 10.5. The summed E-state index contributed by atoms with van der Waals surface area (Å²) in [4.78, 5) is 12.3. The van der Waals surface area contributed by atoms with Gasteiger partial charge >= 0.3 is 6.09 Å². The number of nitrogens with one attached hydrogen (secondary N) is 1. The van der Waals surface area contributed by atoms with Gasteiger partial charge in [-0.2, -0.15) is 0 Å². The SMILES string of the molecule is [2H]N(CCCCCCCCCCCCCCCCCC)C(=O)OC[C@H]1O[C@H](CO)[C@@H](OC)[C@H](OC)[C@H]1OC. The lowest BCUT2D eigenvalue weighted by atomic mass is 9.95. The number of aliphatic hydroxyl groups is 1. The van der Waals surface area contributed by atoms with E-state index in [0.717, 1.165) is 24.6 Å². The van der Waals surface area contributed by atoms with E-state index >= 15 is 0 Å². The zero-order chi connectivity index (χ0) is 28.0. The fraction of sp³-hybridized carbons (Fsp3) is 0.966. The molecule has 0 aromatic heterocycles. The summed E-state index contributed by atoms with van der Waals surface area (Å²) in [5.41, 5.74) is 0. The van der Waals surface area contributed by atoms with Gasteiger partial charge in [-0.05, 0) is 6.42 Å². The number of amides is 1. The van der Waals surface area contributed by atoms with E-state index < -0.39 is 36.6 Å². The van der Waals surface area contributed by atoms with Crippen molar-refractivity contribution in [1.82, 2.24) is 5.31 Å². The molecule has 1 fully saturated rings. The molecule has 220 valence electrons. The predicted molar refractivity (Wildman–Crippen MR) is 147 cm³/mol. The molecule has 0 saturated carbocycles. The van der Waals surface area contributed by atoms with Crippen LogP contribution in [0.5, 0.6) is 0 Å². The molecule has 1 heterocycles. The van der Waals surface area contributed by atoms with Crippen LogP contribution in [0.4, 0.5) is 4.79 Å². The van der Waals surface area contributed by atoms with Crippen molar-refractivity contribution in [3.63, 3.8) is 0 Å². The number of methoxy groups -OCH3 is 3. The average Bonchev–Trinajstić information content (AvgIpc) is 2.94. The Labute approximate surface area is 227 Å². The number of carbonyl (C=O) groups excluding carboxylic acids is 1. The highest BCUT2D eigenvalue weighted by molar-refractivity contribution is 5.67. The first-order valence-corrected chi connectivity index (χ1v) is 14.8. The van der Waals surface area contributed by atoms with Crippen molar-refractivity contribution in [1.29, 1.82) is 0 Å². The Hall–Kier alpha value is -0.930. The third kappa shape index (κ3) is 14.7. The number of ether oxygens (including phenoxy) is 5. The van der Waals surface area contributed by atoms with Crippen LogP contribution in [0.3, 0.4) is 0 Å². The second kappa shape index (κ2) is 23.0. The van der Waals surface area contributed by atoms with Crippen molar-refractivity contribution < 1.29 is 35.0 Å². The van der Waals surface area contributed by atoms with Crippen molar-refractivity contribution in [3.8, 4) is 0 Å². The zero-order valence-corrected chi connectivity index (χ0v) is 24.2. The molecule has 1 rings (SSSR count). The van der Waals surface area contributed by atoms with E-state index in [1.165, 1.54) is 105 Å². The first kappa shape index (κ1) is 32.3. The van der Waals surface area contributed by atoms with E-state index in [9.17, 15) is 9.90 Å². The van der Waals surface area contributed by atoms with Crippen molar-refractivity contribution in [2.45, 2.75) is 140 Å². The van der Waals surface area contributed by atoms with Crippen LogP contribution in [-0.2, 0) is 23.7 Å². The van der Waals surface area contributed by atoms with Crippen molar-refractivity contribution in [3.05, 3.63) is 0 Å². The molecular weight excluding hydrogens is 474 g/mol. The molecule has 0 spiro atoms. The Morgan fingerprint density at radius 2 is 1.16 bits per heavy atom. The topological polar surface area (TPSA) is 95.5 Å². The Kier molecular flexibility index (Phi) is 20.1. The van der Waals surface area contributed by atoms with Gasteiger partial charge < -0.3 is 34.1 Å². The zero-order valence-electron chi connectivity index (χ0n) is 25.2. The number of carbonyl (C=O) groups is 1. The highest BCUT2D eigenvalue weighted by atomic mass is 16.6. The summed E-state index contributed by atoms with van der Waals surface area (Å²) < 4.78 is 35.7. The third-order valence-electron chi connectivity index (χ3n) is 7.35. The van der Waals surface area contributed by atoms with Gasteiger partial charge in [0.05, 0.1) is 6.61 Å². The molecule has 0 aromatic rings. The van der Waals surface area contributed by atoms with Gasteiger partial charge in [0.2, 0.25) is 0 Å². The van der Waals surface area contributed by atoms with Crippen LogP contribution >= 0.6 is 0 Å². The quantitative estimate of drug-likeness (QED) is 0.161. The lowest BCUT2D eigenvalue weighted by Crippen LogP contribution is -2.61. The predicted octanol–water partition coefficient (Wildman–Crippen LogP) is 5.78. The number of hydrogen-bond acceptors (Lipinski definition) is 7. The molecule has 1 aliphatic heterocycles. The molecule has 8 nitrogen and oxygen atoms in total. The summed E-state index contributed by atoms with van der Waals surface area (Å²) in [6.07, 6.45) is 17.0. The van der Waals surface area contributed by atoms with Gasteiger partial charge in [-0.1, -0.05) is 103 Å². The molecule has 0 aliphatic carbocycles. The van der Waals surface area contributed by atoms with Crippen molar-refractivity contribution >= 4 is 6.09 Å². The van der Waals surface area contributed by atoms with E-state index in [1.807, 2.05) is 0 Å². The summed E-state index contributed by atoms with van der Waals surface area (Å²) in [6, 6.07) is 0. The van der Waals surface area contributed by atoms with Gasteiger partial charge in [0.15, 0.2) is 1.41 Å². The third-order valence-corrected chi connectivity index (χ3v) is 7.35. The molecule has 0 unspecified atom stereocenters. The normalized spacial score (nSPS) is 24.1. The molecule has 8 heteroatoms. The van der Waals surface area contributed by atoms with Crippen LogP contribution in [0.1, 0.15) is 110 Å². The Balaban J connectivity index is 2.09. The number of aliphatic hydroxyl groups excluding tert-OH is 1. The smallest absolute Gasteiger partial charge is 0.407 e. The molecule has 1 amide bonds. The lowest BCUT2D eigenvalue weighted by molar-refractivity contribution is -0.253. The van der Waals surface area contributed by atoms with Crippen LogP contribution in [0.15, 0.2) is 0 Å². The summed E-state index contributed by atoms with van der Waals surface area (Å²) in [6.45, 7) is 2.24. The maximum atomic E-state index is 12.3. The van der Waals surface area contributed by atoms with E-state index in [1.54, 1.807) is 0 Å². The second-order valence-electron chi connectivity index (χ2n) is 10.3. The van der Waals surface area contributed by atoms with E-state index in [-0.39, 0.29) is 13.2 Å². The van der Waals surface area contributed by atoms with Gasteiger partial charge in [0.25, 0.3) is 0 Å². The Morgan fingerprint density at radius 1 is 0.730 bits per heavy atom. The van der Waals surface area contributed by atoms with Crippen molar-refractivity contribution in [2.24, 2.45) is 0 Å². The molecule has 0 radical (unpaired) electrons. The molecule has 0 aromatic carbocycles. The van der Waals surface area contributed by atoms with Gasteiger partial charge in [-0.15, -0.1) is 0 Å². The summed E-state index contributed by atoms with van der Waals surface area (Å²) in [5.74, 6) is 0. The molecule has 5 atom stereocenters. The van der Waals surface area contributed by atoms with Gasteiger partial charge in [0, 0.05) is 27.9 Å². The minimum atomic E-state index is -0.715. The first-order valence-electron chi connectivity index (χ1n) is 15.3. The van der Waals surface area contributed by atoms with E-state index in [4.69, 9.17) is 25.1 Å². The molecular formula is C29H57NO7. The van der Waals surface area contributed by atoms with Crippen molar-refractivity contribution in [2.75, 3.05) is 41.1 Å². The molecule has 2 N–H and O–H groups in total. The van der Waals surface area contributed by atoms with Crippen LogP contribution < -0.4 is 5.31 Å². The van der Waals surface area contributed by atoms with Crippen LogP contribution in [0.2, 0.25) is 1.41 Å². The maximum absolute atomic E-state index is 12.3. The number of rotatable bonds is 23. The minimum absolute atomic E-state index is 0.0987. The summed E-state index contributed by atoms with van der Waals surface area (Å²) in [7, 11) is 4.58. The molecule has 1 aliphatic rings. The fourth-order valence-electron chi connectivity index (χ4n) is 5.14. The lowest BCUT2D eigenvalue weighted by Gasteiger charge is -2.44. The number of hydrogen-bond donors (Lipinski definition) is 2. The van der Waals surface area contributed by atoms with Crippen LogP contribution in [0, 0.1) is 0 Å². The largest absolute Gasteiger partial charge is 0.447 e. The highest BCUT2D eigenvalue weighted by Crippen LogP contribution is 2.27. The van der Waals surface area contributed by atoms with Gasteiger partial charge in [-0.3, -0.25) is 0 Å². The number of alkyl carbamates (subject to hydrolysis) is 1. The van der Waals surface area contributed by atoms with Gasteiger partial charge in [-0.25, -0.2) is 4.79 Å². The summed E-state index contributed by atoms with van der Waals surface area (Å²) >= 11 is 0. The van der Waals surface area contributed by atoms with E-state index in [0.29, 0.717) is 6.54 Å². The average molecular weight is 533 g/mol. The Morgan fingerprint density at radius 3 is 1.59 bits per heavy atom. The van der Waals surface area contributed by atoms with Gasteiger partial charge in [0.1, 0.15) is 37.1 Å². The second-order valence-corrected chi connectivity index (χ2v) is 10.3. The maximum Gasteiger partial charge on any atom is 0.407 e. The fourth-order valence-corrected chi connectivity index (χ4v) is 5.14. The van der Waals surface area contributed by atoms with Crippen LogP contribution in [0.25, 0.3) is 0 Å². The number of unbranched alkanes of at least 4 members (excludes halogenated alkanes) is 15. The molecule has 37 heavy (non-hydrogen) atoms. The minimum Gasteiger partial charge on any atom is -0.447 e. The highest BCUT2D eigenvalue weighted by Gasteiger charge is 2.47. The monoisotopic (exact) mass is 532 g/mol. The Bertz CT molecular complexity index is 571. The molecule has 1 saturated heterocycles. The van der Waals surface area contributed by atoms with E-state index in [2.05, 4.69) is 6.92 Å². The standard InChI is InChI=1S/C29H57NO7/c1-5-6-7-8-9-10-11-12-13-14-15-16-17-18-19-20-21-30-29(32)36-23-25-27(34-3)28(35-4)26(33-2)24(22-31)37-25/h24-28,31H,5-23H2,1-4H3,(H,30,32)/t24-,25-,26-,27+,28+/m1/s1/i/hD. The first-order chi connectivity index (χ1) is 18.5. The van der Waals surface area contributed by atoms with Crippen LogP contribution in [-0.4, -0.2) is 82.8 Å².